The predicted octanol–water partition coefficient (Wildman–Crippen LogP) is 4.23. The van der Waals surface area contributed by atoms with E-state index < -0.39 is 6.09 Å². The van der Waals surface area contributed by atoms with E-state index >= 15 is 0 Å². The topological polar surface area (TPSA) is 50.7 Å². The molecule has 0 heterocycles. The van der Waals surface area contributed by atoms with Crippen molar-refractivity contribution >= 4 is 11.8 Å². The third-order valence-electron chi connectivity index (χ3n) is 3.31. The zero-order valence-corrected chi connectivity index (χ0v) is 12.9. The van der Waals surface area contributed by atoms with Crippen LogP contribution in [-0.2, 0) is 0 Å². The van der Waals surface area contributed by atoms with Crippen LogP contribution in [0.15, 0.2) is 96.1 Å². The van der Waals surface area contributed by atoms with E-state index in [9.17, 15) is 4.79 Å². The maximum Gasteiger partial charge on any atom is 0.433 e. The summed E-state index contributed by atoms with van der Waals surface area (Å²) >= 11 is 0. The van der Waals surface area contributed by atoms with E-state index in [0.29, 0.717) is 11.5 Å². The Balaban J connectivity index is 1.81. The summed E-state index contributed by atoms with van der Waals surface area (Å²) < 4.78 is 5.18. The average molecular weight is 316 g/mol. The lowest BCUT2D eigenvalue weighted by Crippen LogP contribution is -2.24. The molecule has 24 heavy (non-hydrogen) atoms. The minimum Gasteiger partial charge on any atom is -0.409 e. The number of hydrazone groups is 1. The van der Waals surface area contributed by atoms with Crippen molar-refractivity contribution < 1.29 is 9.53 Å². The Bertz CT molecular complexity index is 775. The molecule has 0 aliphatic heterocycles. The first-order valence-electron chi connectivity index (χ1n) is 7.54. The van der Waals surface area contributed by atoms with E-state index in [0.717, 1.165) is 11.1 Å². The fourth-order valence-electron chi connectivity index (χ4n) is 2.21. The number of ether oxygens (including phenoxy) is 1. The highest BCUT2D eigenvalue weighted by atomic mass is 16.6. The minimum atomic E-state index is -0.634. The normalized spacial score (nSPS) is 9.83. The van der Waals surface area contributed by atoms with Crippen LogP contribution in [-0.4, -0.2) is 11.8 Å². The molecule has 0 aromatic heterocycles. The number of hydrogen-bond donors (Lipinski definition) is 1. The molecule has 0 unspecified atom stereocenters. The van der Waals surface area contributed by atoms with Crippen LogP contribution in [0.25, 0.3) is 0 Å². The molecule has 1 amide bonds. The van der Waals surface area contributed by atoms with Crippen LogP contribution in [0.5, 0.6) is 5.75 Å². The van der Waals surface area contributed by atoms with Gasteiger partial charge in [-0.15, -0.1) is 0 Å². The fourth-order valence-corrected chi connectivity index (χ4v) is 2.21. The lowest BCUT2D eigenvalue weighted by atomic mass is 10.0. The standard InChI is InChI=1S/C20H16N2O2/c23-20(24-18-14-8-3-9-15-18)22-21-19(16-10-4-1-5-11-16)17-12-6-2-7-13-17/h1-15H,(H,22,23). The van der Waals surface area contributed by atoms with Gasteiger partial charge in [0.1, 0.15) is 5.75 Å². The Morgan fingerprint density at radius 1 is 0.708 bits per heavy atom. The molecule has 0 saturated heterocycles. The highest BCUT2D eigenvalue weighted by Gasteiger charge is 2.08. The van der Waals surface area contributed by atoms with Gasteiger partial charge in [-0.05, 0) is 12.1 Å². The second kappa shape index (κ2) is 7.74. The van der Waals surface area contributed by atoms with Crippen LogP contribution in [0.4, 0.5) is 4.79 Å². The van der Waals surface area contributed by atoms with Gasteiger partial charge in [0, 0.05) is 11.1 Å². The Morgan fingerprint density at radius 2 is 1.17 bits per heavy atom. The Hall–Kier alpha value is -3.40. The van der Waals surface area contributed by atoms with E-state index in [2.05, 4.69) is 10.5 Å². The minimum absolute atomic E-state index is 0.464. The first kappa shape index (κ1) is 15.5. The van der Waals surface area contributed by atoms with Gasteiger partial charge in [0.15, 0.2) is 0 Å². The monoisotopic (exact) mass is 316 g/mol. The largest absolute Gasteiger partial charge is 0.433 e. The Kier molecular flexibility index (Phi) is 5.00. The van der Waals surface area contributed by atoms with Gasteiger partial charge in [-0.1, -0.05) is 78.9 Å². The van der Waals surface area contributed by atoms with E-state index in [4.69, 9.17) is 4.74 Å². The third kappa shape index (κ3) is 4.08. The molecule has 3 rings (SSSR count). The van der Waals surface area contributed by atoms with Gasteiger partial charge in [-0.25, -0.2) is 10.2 Å². The molecule has 4 nitrogen and oxygen atoms in total. The van der Waals surface area contributed by atoms with Gasteiger partial charge in [-0.2, -0.15) is 5.10 Å². The van der Waals surface area contributed by atoms with Crippen LogP contribution in [0, 0.1) is 0 Å². The summed E-state index contributed by atoms with van der Waals surface area (Å²) in [4.78, 5) is 11.9. The van der Waals surface area contributed by atoms with E-state index in [1.165, 1.54) is 0 Å². The number of hydrogen-bond acceptors (Lipinski definition) is 3. The van der Waals surface area contributed by atoms with Gasteiger partial charge in [0.05, 0.1) is 5.71 Å². The van der Waals surface area contributed by atoms with Crippen LogP contribution in [0.1, 0.15) is 11.1 Å². The summed E-state index contributed by atoms with van der Waals surface area (Å²) in [5.41, 5.74) is 4.94. The van der Waals surface area contributed by atoms with Crippen LogP contribution in [0.2, 0.25) is 0 Å². The second-order valence-electron chi connectivity index (χ2n) is 5.01. The molecule has 0 fully saturated rings. The number of para-hydroxylation sites is 1. The van der Waals surface area contributed by atoms with Crippen molar-refractivity contribution in [2.75, 3.05) is 0 Å². The quantitative estimate of drug-likeness (QED) is 0.578. The van der Waals surface area contributed by atoms with Gasteiger partial charge in [0.25, 0.3) is 0 Å². The maximum absolute atomic E-state index is 11.9. The van der Waals surface area contributed by atoms with Crippen molar-refractivity contribution in [3.05, 3.63) is 102 Å². The number of rotatable bonds is 4. The van der Waals surface area contributed by atoms with Crippen molar-refractivity contribution in [1.82, 2.24) is 5.43 Å². The highest BCUT2D eigenvalue weighted by molar-refractivity contribution is 6.13. The van der Waals surface area contributed by atoms with Gasteiger partial charge < -0.3 is 4.74 Å². The lowest BCUT2D eigenvalue weighted by molar-refractivity contribution is 0.201. The van der Waals surface area contributed by atoms with E-state index in [1.807, 2.05) is 66.7 Å². The zero-order chi connectivity index (χ0) is 16.6. The molecule has 0 aliphatic carbocycles. The summed E-state index contributed by atoms with van der Waals surface area (Å²) in [6.07, 6.45) is -0.634. The molecule has 4 heteroatoms. The summed E-state index contributed by atoms with van der Waals surface area (Å²) in [7, 11) is 0. The molecular formula is C20H16N2O2. The molecule has 1 N–H and O–H groups in total. The molecular weight excluding hydrogens is 300 g/mol. The first-order chi connectivity index (χ1) is 11.8. The molecule has 0 bridgehead atoms. The van der Waals surface area contributed by atoms with E-state index in [-0.39, 0.29) is 0 Å². The second-order valence-corrected chi connectivity index (χ2v) is 5.01. The summed E-state index contributed by atoms with van der Waals surface area (Å²) in [6, 6.07) is 28.2. The van der Waals surface area contributed by atoms with Crippen molar-refractivity contribution in [2.45, 2.75) is 0 Å². The van der Waals surface area contributed by atoms with Crippen molar-refractivity contribution in [3.8, 4) is 5.75 Å². The smallest absolute Gasteiger partial charge is 0.409 e. The average Bonchev–Trinajstić information content (AvgIpc) is 2.64. The molecule has 3 aromatic carbocycles. The molecule has 0 radical (unpaired) electrons. The summed E-state index contributed by atoms with van der Waals surface area (Å²) in [5.74, 6) is 0.464. The number of amides is 1. The molecule has 0 aliphatic rings. The number of nitrogens with zero attached hydrogens (tertiary/aromatic N) is 1. The van der Waals surface area contributed by atoms with Gasteiger partial charge in [-0.3, -0.25) is 0 Å². The number of benzene rings is 3. The maximum atomic E-state index is 11.9. The summed E-state index contributed by atoms with van der Waals surface area (Å²) in [5, 5.41) is 4.25. The number of nitrogens with one attached hydrogen (secondary N) is 1. The Morgan fingerprint density at radius 3 is 1.67 bits per heavy atom. The van der Waals surface area contributed by atoms with Crippen molar-refractivity contribution in [2.24, 2.45) is 5.10 Å². The number of carbonyl (C=O) groups excluding carboxylic acids is 1. The van der Waals surface area contributed by atoms with Gasteiger partial charge in [0.2, 0.25) is 0 Å². The zero-order valence-electron chi connectivity index (χ0n) is 12.9. The molecule has 0 atom stereocenters. The molecule has 0 saturated carbocycles. The third-order valence-corrected chi connectivity index (χ3v) is 3.31. The van der Waals surface area contributed by atoms with E-state index in [1.54, 1.807) is 24.3 Å². The van der Waals surface area contributed by atoms with Crippen molar-refractivity contribution in [3.63, 3.8) is 0 Å². The van der Waals surface area contributed by atoms with Crippen LogP contribution < -0.4 is 10.2 Å². The van der Waals surface area contributed by atoms with Crippen LogP contribution in [0.3, 0.4) is 0 Å². The number of carbonyl (C=O) groups is 1. The SMILES string of the molecule is O=C(NN=C(c1ccccc1)c1ccccc1)Oc1ccccc1. The molecule has 3 aromatic rings. The summed E-state index contributed by atoms with van der Waals surface area (Å²) in [6.45, 7) is 0. The van der Waals surface area contributed by atoms with Crippen molar-refractivity contribution in [1.29, 1.82) is 0 Å². The Labute approximate surface area is 140 Å². The highest BCUT2D eigenvalue weighted by Crippen LogP contribution is 2.11. The fraction of sp³-hybridized carbons (Fsp3) is 0. The first-order valence-corrected chi connectivity index (χ1v) is 7.54. The lowest BCUT2D eigenvalue weighted by Gasteiger charge is -2.08. The van der Waals surface area contributed by atoms with Crippen LogP contribution >= 0.6 is 0 Å². The van der Waals surface area contributed by atoms with Gasteiger partial charge >= 0.3 is 6.09 Å². The predicted molar refractivity (Wildman–Crippen MR) is 94.1 cm³/mol. The molecule has 118 valence electrons. The molecule has 0 spiro atoms.